The molecule has 0 saturated carbocycles. The Bertz CT molecular complexity index is 149. The second-order valence-electron chi connectivity index (χ2n) is 4.51. The van der Waals surface area contributed by atoms with Gasteiger partial charge in [0.25, 0.3) is 5.97 Å². The van der Waals surface area contributed by atoms with Gasteiger partial charge < -0.3 is 25.1 Å². The van der Waals surface area contributed by atoms with Crippen molar-refractivity contribution in [1.82, 2.24) is 0 Å². The van der Waals surface area contributed by atoms with E-state index >= 15 is 0 Å². The molecule has 0 bridgehead atoms. The molecule has 0 rings (SSSR count). The first kappa shape index (κ1) is 18.2. The average Bonchev–Trinajstić information content (AvgIpc) is 2.10. The quantitative estimate of drug-likeness (QED) is 0.534. The summed E-state index contributed by atoms with van der Waals surface area (Å²) in [6.45, 7) is 10.7. The van der Waals surface area contributed by atoms with Crippen LogP contribution in [-0.4, -0.2) is 43.5 Å². The van der Waals surface area contributed by atoms with Crippen molar-refractivity contribution in [2.24, 2.45) is 5.73 Å². The van der Waals surface area contributed by atoms with Crippen LogP contribution in [0.1, 0.15) is 34.6 Å². The predicted octanol–water partition coefficient (Wildman–Crippen LogP) is 1.10. The lowest BCUT2D eigenvalue weighted by atomic mass is 10.1. The van der Waals surface area contributed by atoms with Crippen LogP contribution >= 0.6 is 0 Å². The van der Waals surface area contributed by atoms with E-state index in [-0.39, 0.29) is 5.54 Å². The van der Waals surface area contributed by atoms with Gasteiger partial charge in [0.05, 0.1) is 13.2 Å². The van der Waals surface area contributed by atoms with Crippen molar-refractivity contribution < 1.29 is 19.3 Å². The first-order valence-corrected chi connectivity index (χ1v) is 5.40. The molecule has 0 heterocycles. The summed E-state index contributed by atoms with van der Waals surface area (Å²) in [5.41, 5.74) is 5.35. The third kappa shape index (κ3) is 23.5. The Morgan fingerprint density at radius 3 is 1.88 bits per heavy atom. The van der Waals surface area contributed by atoms with Crippen LogP contribution < -0.4 is 5.73 Å². The number of aliphatic hydroxyl groups is 1. The molecule has 3 N–H and O–H groups in total. The number of methoxy groups -OCH3 is 1. The molecule has 0 amide bonds. The highest BCUT2D eigenvalue weighted by molar-refractivity contribution is 4.60. The first-order valence-electron chi connectivity index (χ1n) is 5.40. The Kier molecular flexibility index (Phi) is 10.1. The number of hydrogen-bond donors (Lipinski definition) is 2. The highest BCUT2D eigenvalue weighted by atomic mass is 16.8. The van der Waals surface area contributed by atoms with Crippen LogP contribution in [0, 0.1) is 0 Å². The summed E-state index contributed by atoms with van der Waals surface area (Å²) in [7, 11) is 1.38. The normalized spacial score (nSPS) is 15.0. The van der Waals surface area contributed by atoms with E-state index in [2.05, 4.69) is 4.74 Å². The third-order valence-corrected chi connectivity index (χ3v) is 1.18. The van der Waals surface area contributed by atoms with Crippen LogP contribution in [0.3, 0.4) is 0 Å². The third-order valence-electron chi connectivity index (χ3n) is 1.18. The predicted molar refractivity (Wildman–Crippen MR) is 64.0 cm³/mol. The van der Waals surface area contributed by atoms with E-state index < -0.39 is 5.97 Å². The van der Waals surface area contributed by atoms with Crippen molar-refractivity contribution in [2.45, 2.75) is 46.1 Å². The lowest BCUT2D eigenvalue weighted by Gasteiger charge is -2.20. The fourth-order valence-corrected chi connectivity index (χ4v) is 0.493. The molecular weight excluding hydrogens is 210 g/mol. The SMILES string of the molecule is CC(C)(C)N.CCOCCOC(C)(O)OC. The average molecular weight is 237 g/mol. The van der Waals surface area contributed by atoms with Crippen LogP contribution in [0.25, 0.3) is 0 Å². The molecule has 0 saturated heterocycles. The molecule has 0 aliphatic heterocycles. The molecule has 0 aromatic rings. The highest BCUT2D eigenvalue weighted by Crippen LogP contribution is 2.04. The lowest BCUT2D eigenvalue weighted by molar-refractivity contribution is -0.340. The number of ether oxygens (including phenoxy) is 3. The van der Waals surface area contributed by atoms with Crippen molar-refractivity contribution in [1.29, 1.82) is 0 Å². The van der Waals surface area contributed by atoms with Crippen LogP contribution in [0.4, 0.5) is 0 Å². The van der Waals surface area contributed by atoms with Crippen LogP contribution in [-0.2, 0) is 14.2 Å². The molecule has 0 spiro atoms. The molecule has 16 heavy (non-hydrogen) atoms. The maximum absolute atomic E-state index is 9.12. The van der Waals surface area contributed by atoms with E-state index in [0.29, 0.717) is 19.8 Å². The van der Waals surface area contributed by atoms with Gasteiger partial charge in [-0.3, -0.25) is 0 Å². The second kappa shape index (κ2) is 8.90. The summed E-state index contributed by atoms with van der Waals surface area (Å²) in [4.78, 5) is 0. The van der Waals surface area contributed by atoms with Gasteiger partial charge >= 0.3 is 0 Å². The van der Waals surface area contributed by atoms with Crippen LogP contribution in [0.15, 0.2) is 0 Å². The molecule has 0 aliphatic rings. The van der Waals surface area contributed by atoms with E-state index in [9.17, 15) is 0 Å². The van der Waals surface area contributed by atoms with Crippen molar-refractivity contribution in [3.05, 3.63) is 0 Å². The summed E-state index contributed by atoms with van der Waals surface area (Å²) in [5.74, 6) is -1.49. The fourth-order valence-electron chi connectivity index (χ4n) is 0.493. The van der Waals surface area contributed by atoms with Gasteiger partial charge in [-0.05, 0) is 27.7 Å². The molecule has 0 aliphatic carbocycles. The van der Waals surface area contributed by atoms with Gasteiger partial charge in [-0.25, -0.2) is 0 Å². The Balaban J connectivity index is 0. The minimum absolute atomic E-state index is 0. The largest absolute Gasteiger partial charge is 0.379 e. The van der Waals surface area contributed by atoms with E-state index in [0.717, 1.165) is 0 Å². The number of nitrogens with two attached hydrogens (primary N) is 1. The molecule has 1 unspecified atom stereocenters. The van der Waals surface area contributed by atoms with Crippen molar-refractivity contribution in [3.8, 4) is 0 Å². The molecular formula is C11H27NO4. The van der Waals surface area contributed by atoms with Gasteiger partial charge in [0, 0.05) is 26.2 Å². The zero-order valence-electron chi connectivity index (χ0n) is 11.4. The Morgan fingerprint density at radius 1 is 1.12 bits per heavy atom. The molecule has 0 aromatic heterocycles. The summed E-state index contributed by atoms with van der Waals surface area (Å²) in [6.07, 6.45) is 0. The van der Waals surface area contributed by atoms with E-state index in [4.69, 9.17) is 20.3 Å². The summed E-state index contributed by atoms with van der Waals surface area (Å²) in [5, 5.41) is 9.12. The van der Waals surface area contributed by atoms with Crippen molar-refractivity contribution >= 4 is 0 Å². The minimum Gasteiger partial charge on any atom is -0.379 e. The molecule has 5 heteroatoms. The lowest BCUT2D eigenvalue weighted by Crippen LogP contribution is -2.31. The van der Waals surface area contributed by atoms with Gasteiger partial charge in [0.2, 0.25) is 0 Å². The molecule has 100 valence electrons. The monoisotopic (exact) mass is 237 g/mol. The van der Waals surface area contributed by atoms with Gasteiger partial charge in [-0.2, -0.15) is 0 Å². The maximum Gasteiger partial charge on any atom is 0.277 e. The van der Waals surface area contributed by atoms with E-state index in [1.54, 1.807) is 0 Å². The number of hydrogen-bond acceptors (Lipinski definition) is 5. The summed E-state index contributed by atoms with van der Waals surface area (Å²) < 4.78 is 14.5. The molecule has 1 atom stereocenters. The second-order valence-corrected chi connectivity index (χ2v) is 4.51. The summed E-state index contributed by atoms with van der Waals surface area (Å²) in [6, 6.07) is 0. The van der Waals surface area contributed by atoms with Gasteiger partial charge in [-0.15, -0.1) is 0 Å². The van der Waals surface area contributed by atoms with Gasteiger partial charge in [0.15, 0.2) is 0 Å². The standard InChI is InChI=1S/C7H16O4.C4H11N/c1-4-10-5-6-11-7(2,8)9-3;1-4(2,3)5/h8H,4-6H2,1-3H3;5H2,1-3H3. The fraction of sp³-hybridized carbons (Fsp3) is 1.00. The molecule has 0 radical (unpaired) electrons. The summed E-state index contributed by atoms with van der Waals surface area (Å²) >= 11 is 0. The highest BCUT2D eigenvalue weighted by Gasteiger charge is 2.18. The van der Waals surface area contributed by atoms with E-state index in [1.165, 1.54) is 14.0 Å². The van der Waals surface area contributed by atoms with E-state index in [1.807, 2.05) is 27.7 Å². The number of rotatable bonds is 6. The molecule has 0 aromatic carbocycles. The Hall–Kier alpha value is -0.200. The smallest absolute Gasteiger partial charge is 0.277 e. The van der Waals surface area contributed by atoms with Gasteiger partial charge in [0.1, 0.15) is 0 Å². The topological polar surface area (TPSA) is 73.9 Å². The zero-order chi connectivity index (χ0) is 13.2. The van der Waals surface area contributed by atoms with Crippen molar-refractivity contribution in [2.75, 3.05) is 26.9 Å². The maximum atomic E-state index is 9.12. The Morgan fingerprint density at radius 2 is 1.56 bits per heavy atom. The molecule has 0 fully saturated rings. The Labute approximate surface area is 98.9 Å². The zero-order valence-corrected chi connectivity index (χ0v) is 11.4. The van der Waals surface area contributed by atoms with Crippen LogP contribution in [0.5, 0.6) is 0 Å². The first-order chi connectivity index (χ1) is 7.12. The van der Waals surface area contributed by atoms with Gasteiger partial charge in [-0.1, -0.05) is 0 Å². The van der Waals surface area contributed by atoms with Crippen molar-refractivity contribution in [3.63, 3.8) is 0 Å². The van der Waals surface area contributed by atoms with Crippen LogP contribution in [0.2, 0.25) is 0 Å². The molecule has 5 nitrogen and oxygen atoms in total. The minimum atomic E-state index is -1.49.